The van der Waals surface area contributed by atoms with Crippen molar-refractivity contribution in [3.8, 4) is 0 Å². The van der Waals surface area contributed by atoms with E-state index in [4.69, 9.17) is 14.6 Å². The lowest BCUT2D eigenvalue weighted by Gasteiger charge is -2.29. The summed E-state index contributed by atoms with van der Waals surface area (Å²) in [5.74, 6) is -2.23. The number of aliphatic hydroxyl groups is 1. The van der Waals surface area contributed by atoms with Crippen molar-refractivity contribution in [3.05, 3.63) is 96.1 Å². The molecule has 2 N–H and O–H groups in total. The summed E-state index contributed by atoms with van der Waals surface area (Å²) in [7, 11) is 0. The summed E-state index contributed by atoms with van der Waals surface area (Å²) < 4.78 is 12.6. The number of hydrogen-bond donors (Lipinski definition) is 2. The maximum Gasteiger partial charge on any atom is 0.306 e. The highest BCUT2D eigenvalue weighted by Crippen LogP contribution is 2.49. The molecule has 0 bridgehead atoms. The molecule has 4 rings (SSSR count). The molecule has 0 unspecified atom stereocenters. The zero-order valence-electron chi connectivity index (χ0n) is 14.6. The van der Waals surface area contributed by atoms with E-state index in [1.807, 2.05) is 60.7 Å². The predicted octanol–water partition coefficient (Wildman–Crippen LogP) is 3.54. The minimum atomic E-state index is -1.54. The van der Waals surface area contributed by atoms with Gasteiger partial charge in [-0.15, -0.1) is 0 Å². The van der Waals surface area contributed by atoms with Crippen molar-refractivity contribution in [3.63, 3.8) is 0 Å². The van der Waals surface area contributed by atoms with Crippen LogP contribution in [0, 0.1) is 0 Å². The van der Waals surface area contributed by atoms with Crippen molar-refractivity contribution >= 4 is 5.97 Å². The van der Waals surface area contributed by atoms with Gasteiger partial charge in [0.15, 0.2) is 0 Å². The minimum absolute atomic E-state index is 0.339. The van der Waals surface area contributed by atoms with Crippen molar-refractivity contribution in [2.45, 2.75) is 30.0 Å². The SMILES string of the molecule is O=C(O)CC1(O)C=CC2(C=C1)O[C@H](c1ccccc1)[C@@H](c1ccccc1)O2. The predicted molar refractivity (Wildman–Crippen MR) is 98.7 cm³/mol. The van der Waals surface area contributed by atoms with E-state index in [0.717, 1.165) is 11.1 Å². The summed E-state index contributed by atoms with van der Waals surface area (Å²) in [6.45, 7) is 0. The Morgan fingerprint density at radius 2 is 1.26 bits per heavy atom. The highest BCUT2D eigenvalue weighted by Gasteiger charge is 2.48. The molecule has 2 aromatic carbocycles. The van der Waals surface area contributed by atoms with Crippen LogP contribution in [0.1, 0.15) is 29.8 Å². The fourth-order valence-electron chi connectivity index (χ4n) is 3.47. The number of benzene rings is 2. The van der Waals surface area contributed by atoms with Gasteiger partial charge in [-0.05, 0) is 35.4 Å². The summed E-state index contributed by atoms with van der Waals surface area (Å²) in [5.41, 5.74) is 0.421. The third-order valence-electron chi connectivity index (χ3n) is 4.80. The molecular weight excluding hydrogens is 344 g/mol. The molecule has 138 valence electrons. The molecule has 0 amide bonds. The van der Waals surface area contributed by atoms with Gasteiger partial charge in [-0.2, -0.15) is 0 Å². The average molecular weight is 364 g/mol. The number of ether oxygens (including phenoxy) is 2. The van der Waals surface area contributed by atoms with Crippen molar-refractivity contribution < 1.29 is 24.5 Å². The van der Waals surface area contributed by atoms with Crippen LogP contribution in [0.25, 0.3) is 0 Å². The molecule has 0 saturated carbocycles. The van der Waals surface area contributed by atoms with Crippen LogP contribution in [0.5, 0.6) is 0 Å². The van der Waals surface area contributed by atoms with Gasteiger partial charge in [0, 0.05) is 0 Å². The maximum atomic E-state index is 11.0. The Morgan fingerprint density at radius 3 is 1.67 bits per heavy atom. The lowest BCUT2D eigenvalue weighted by molar-refractivity contribution is -0.140. The van der Waals surface area contributed by atoms with E-state index < -0.39 is 23.8 Å². The summed E-state index contributed by atoms with van der Waals surface area (Å²) >= 11 is 0. The van der Waals surface area contributed by atoms with Crippen LogP contribution < -0.4 is 0 Å². The number of hydrogen-bond acceptors (Lipinski definition) is 4. The molecule has 5 nitrogen and oxygen atoms in total. The molecule has 5 heteroatoms. The van der Waals surface area contributed by atoms with Crippen LogP contribution in [-0.4, -0.2) is 27.6 Å². The molecule has 1 heterocycles. The second-order valence-corrected chi connectivity index (χ2v) is 6.85. The maximum absolute atomic E-state index is 11.0. The van der Waals surface area contributed by atoms with Gasteiger partial charge in [-0.1, -0.05) is 60.7 Å². The Bertz CT molecular complexity index is 809. The van der Waals surface area contributed by atoms with E-state index in [9.17, 15) is 9.90 Å². The normalized spacial score (nSPS) is 24.9. The molecule has 1 saturated heterocycles. The Hall–Kier alpha value is -2.73. The van der Waals surface area contributed by atoms with E-state index >= 15 is 0 Å². The van der Waals surface area contributed by atoms with E-state index in [-0.39, 0.29) is 12.2 Å². The first kappa shape index (κ1) is 17.7. The number of aliphatic carboxylic acids is 1. The van der Waals surface area contributed by atoms with Gasteiger partial charge in [-0.3, -0.25) is 4.79 Å². The Labute approximate surface area is 157 Å². The first-order valence-electron chi connectivity index (χ1n) is 8.79. The molecule has 1 aliphatic heterocycles. The van der Waals surface area contributed by atoms with E-state index in [2.05, 4.69) is 0 Å². The topological polar surface area (TPSA) is 76.0 Å². The van der Waals surface area contributed by atoms with Crippen LogP contribution in [0.15, 0.2) is 85.0 Å². The summed E-state index contributed by atoms with van der Waals surface area (Å²) in [5, 5.41) is 19.4. The quantitative estimate of drug-likeness (QED) is 0.812. The zero-order chi connectivity index (χ0) is 18.9. The number of carboxylic acid groups (broad SMARTS) is 1. The van der Waals surface area contributed by atoms with Crippen molar-refractivity contribution in [2.24, 2.45) is 0 Å². The lowest BCUT2D eigenvalue weighted by Crippen LogP contribution is -2.35. The third-order valence-corrected chi connectivity index (χ3v) is 4.80. The second kappa shape index (κ2) is 6.78. The molecule has 27 heavy (non-hydrogen) atoms. The fraction of sp³-hybridized carbons (Fsp3) is 0.227. The highest BCUT2D eigenvalue weighted by molar-refractivity contribution is 5.69. The van der Waals surface area contributed by atoms with Gasteiger partial charge < -0.3 is 19.7 Å². The lowest BCUT2D eigenvalue weighted by atomic mass is 9.92. The smallest absolute Gasteiger partial charge is 0.306 e. The zero-order valence-corrected chi connectivity index (χ0v) is 14.6. The number of carboxylic acids is 1. The van der Waals surface area contributed by atoms with Crippen LogP contribution in [-0.2, 0) is 14.3 Å². The number of rotatable bonds is 4. The third kappa shape index (κ3) is 3.57. The molecule has 2 aliphatic rings. The molecule has 1 spiro atoms. The van der Waals surface area contributed by atoms with E-state index in [0.29, 0.717) is 0 Å². The summed E-state index contributed by atoms with van der Waals surface area (Å²) in [6.07, 6.45) is 4.94. The van der Waals surface area contributed by atoms with Gasteiger partial charge >= 0.3 is 5.97 Å². The molecule has 1 aliphatic carbocycles. The average Bonchev–Trinajstić information content (AvgIpc) is 3.05. The summed E-state index contributed by atoms with van der Waals surface area (Å²) in [6, 6.07) is 19.6. The van der Waals surface area contributed by atoms with Crippen LogP contribution in [0.2, 0.25) is 0 Å². The minimum Gasteiger partial charge on any atom is -0.481 e. The molecule has 2 aromatic rings. The highest BCUT2D eigenvalue weighted by atomic mass is 16.8. The van der Waals surface area contributed by atoms with Gasteiger partial charge in [0.25, 0.3) is 0 Å². The first-order valence-corrected chi connectivity index (χ1v) is 8.79. The van der Waals surface area contributed by atoms with Crippen LogP contribution in [0.3, 0.4) is 0 Å². The molecule has 0 aromatic heterocycles. The second-order valence-electron chi connectivity index (χ2n) is 6.85. The molecule has 2 atom stereocenters. The Morgan fingerprint density at radius 1 is 0.815 bits per heavy atom. The van der Waals surface area contributed by atoms with Crippen molar-refractivity contribution in [1.29, 1.82) is 0 Å². The molecule has 0 radical (unpaired) electrons. The largest absolute Gasteiger partial charge is 0.481 e. The van der Waals surface area contributed by atoms with Crippen LogP contribution >= 0.6 is 0 Å². The fourth-order valence-corrected chi connectivity index (χ4v) is 3.47. The standard InChI is InChI=1S/C22H20O5/c23-18(24)15-21(25)11-13-22(14-12-21)26-19(16-7-3-1-4-8-16)20(27-22)17-9-5-2-6-10-17/h1-14,19-20,25H,15H2,(H,23,24)/t19-,20-/m1/s1. The van der Waals surface area contributed by atoms with Crippen molar-refractivity contribution in [1.82, 2.24) is 0 Å². The molecule has 1 fully saturated rings. The number of carbonyl (C=O) groups is 1. The van der Waals surface area contributed by atoms with Crippen molar-refractivity contribution in [2.75, 3.05) is 0 Å². The van der Waals surface area contributed by atoms with Gasteiger partial charge in [-0.25, -0.2) is 0 Å². The Balaban J connectivity index is 1.67. The molecular formula is C22H20O5. The van der Waals surface area contributed by atoms with Gasteiger partial charge in [0.1, 0.15) is 17.8 Å². The first-order chi connectivity index (χ1) is 13.0. The monoisotopic (exact) mass is 364 g/mol. The Kier molecular flexibility index (Phi) is 4.44. The van der Waals surface area contributed by atoms with Gasteiger partial charge in [0.2, 0.25) is 5.79 Å². The van der Waals surface area contributed by atoms with Gasteiger partial charge in [0.05, 0.1) is 6.42 Å². The van der Waals surface area contributed by atoms with E-state index in [1.54, 1.807) is 12.2 Å². The van der Waals surface area contributed by atoms with E-state index in [1.165, 1.54) is 12.2 Å². The summed E-state index contributed by atoms with van der Waals surface area (Å²) in [4.78, 5) is 11.0. The van der Waals surface area contributed by atoms with Crippen LogP contribution in [0.4, 0.5) is 0 Å².